The van der Waals surface area contributed by atoms with E-state index in [0.29, 0.717) is 17.9 Å². The minimum atomic E-state index is -0.248. The molecule has 0 amide bonds. The van der Waals surface area contributed by atoms with Crippen molar-refractivity contribution in [2.45, 2.75) is 59.7 Å². The minimum Gasteiger partial charge on any atom is -0.391 e. The van der Waals surface area contributed by atoms with Crippen molar-refractivity contribution in [1.82, 2.24) is 5.32 Å². The predicted molar refractivity (Wildman–Crippen MR) is 57.7 cm³/mol. The van der Waals surface area contributed by atoms with E-state index in [0.717, 1.165) is 0 Å². The van der Waals surface area contributed by atoms with Gasteiger partial charge in [-0.25, -0.2) is 0 Å². The Kier molecular flexibility index (Phi) is 5.57. The van der Waals surface area contributed by atoms with Gasteiger partial charge in [-0.05, 0) is 11.8 Å². The van der Waals surface area contributed by atoms with Crippen LogP contribution in [0.5, 0.6) is 0 Å². The molecule has 0 saturated heterocycles. The smallest absolute Gasteiger partial charge is 0.0718 e. The highest BCUT2D eigenvalue weighted by Crippen LogP contribution is 2.14. The first-order chi connectivity index (χ1) is 5.86. The molecule has 0 fully saturated rings. The quantitative estimate of drug-likeness (QED) is 0.690. The molecule has 0 radical (unpaired) electrons. The number of hydrogen-bond donors (Lipinski definition) is 2. The molecular weight excluding hydrogens is 162 g/mol. The number of nitrogens with one attached hydrogen (secondary N) is 1. The zero-order chi connectivity index (χ0) is 10.6. The summed E-state index contributed by atoms with van der Waals surface area (Å²) >= 11 is 0. The van der Waals surface area contributed by atoms with Crippen molar-refractivity contribution in [2.75, 3.05) is 0 Å². The van der Waals surface area contributed by atoms with Crippen LogP contribution in [0, 0.1) is 11.8 Å². The Labute approximate surface area is 82.7 Å². The van der Waals surface area contributed by atoms with Gasteiger partial charge in [-0.3, -0.25) is 0 Å². The topological polar surface area (TPSA) is 32.3 Å². The van der Waals surface area contributed by atoms with Gasteiger partial charge in [0.25, 0.3) is 0 Å². The molecule has 0 aliphatic heterocycles. The summed E-state index contributed by atoms with van der Waals surface area (Å²) < 4.78 is 0. The highest BCUT2D eigenvalue weighted by molar-refractivity contribution is 4.81. The maximum atomic E-state index is 9.94. The summed E-state index contributed by atoms with van der Waals surface area (Å²) in [4.78, 5) is 0. The molecule has 0 aromatic carbocycles. The van der Waals surface area contributed by atoms with Crippen LogP contribution < -0.4 is 5.32 Å². The first-order valence-corrected chi connectivity index (χ1v) is 5.30. The molecule has 2 heteroatoms. The third-order valence-corrected chi connectivity index (χ3v) is 2.29. The zero-order valence-corrected chi connectivity index (χ0v) is 9.83. The standard InChI is InChI=1S/C11H25NO/c1-7(2)10(12-9(5)6)11(13)8(3)4/h7-13H,1-6H3. The van der Waals surface area contributed by atoms with Gasteiger partial charge in [-0.2, -0.15) is 0 Å². The average Bonchev–Trinajstić information content (AvgIpc) is 1.97. The molecule has 2 unspecified atom stereocenters. The summed E-state index contributed by atoms with van der Waals surface area (Å²) in [6, 6.07) is 0.640. The Morgan fingerprint density at radius 3 is 1.54 bits per heavy atom. The molecule has 0 aromatic rings. The molecule has 0 aromatic heterocycles. The summed E-state index contributed by atoms with van der Waals surface area (Å²) in [7, 11) is 0. The van der Waals surface area contributed by atoms with Gasteiger partial charge < -0.3 is 10.4 Å². The molecule has 80 valence electrons. The fourth-order valence-electron chi connectivity index (χ4n) is 1.48. The van der Waals surface area contributed by atoms with Crippen LogP contribution in [0.15, 0.2) is 0 Å². The third kappa shape index (κ3) is 4.63. The number of aliphatic hydroxyl groups is 1. The highest BCUT2D eigenvalue weighted by Gasteiger charge is 2.25. The Morgan fingerprint density at radius 2 is 1.31 bits per heavy atom. The van der Waals surface area contributed by atoms with Crippen LogP contribution in [0.3, 0.4) is 0 Å². The summed E-state index contributed by atoms with van der Waals surface area (Å²) in [6.45, 7) is 12.6. The second-order valence-electron chi connectivity index (χ2n) is 4.83. The van der Waals surface area contributed by atoms with E-state index in [1.54, 1.807) is 0 Å². The van der Waals surface area contributed by atoms with Crippen molar-refractivity contribution in [2.24, 2.45) is 11.8 Å². The minimum absolute atomic E-state index is 0.208. The van der Waals surface area contributed by atoms with Gasteiger partial charge in [0.15, 0.2) is 0 Å². The molecule has 0 spiro atoms. The molecule has 13 heavy (non-hydrogen) atoms. The maximum absolute atomic E-state index is 9.94. The third-order valence-electron chi connectivity index (χ3n) is 2.29. The lowest BCUT2D eigenvalue weighted by Gasteiger charge is -2.31. The van der Waals surface area contributed by atoms with Crippen LogP contribution in [0.2, 0.25) is 0 Å². The van der Waals surface area contributed by atoms with Crippen LogP contribution in [0.25, 0.3) is 0 Å². The van der Waals surface area contributed by atoms with Crippen LogP contribution in [0.1, 0.15) is 41.5 Å². The van der Waals surface area contributed by atoms with E-state index in [2.05, 4.69) is 46.9 Å². The SMILES string of the molecule is CC(C)NC(C(C)C)C(O)C(C)C. The van der Waals surface area contributed by atoms with E-state index >= 15 is 0 Å². The van der Waals surface area contributed by atoms with Crippen molar-refractivity contribution in [3.8, 4) is 0 Å². The molecule has 2 N–H and O–H groups in total. The van der Waals surface area contributed by atoms with Gasteiger partial charge >= 0.3 is 0 Å². The van der Waals surface area contributed by atoms with Crippen LogP contribution >= 0.6 is 0 Å². The van der Waals surface area contributed by atoms with Crippen molar-refractivity contribution >= 4 is 0 Å². The van der Waals surface area contributed by atoms with Crippen LogP contribution in [-0.2, 0) is 0 Å². The number of hydrogen-bond acceptors (Lipinski definition) is 2. The summed E-state index contributed by atoms with van der Waals surface area (Å²) in [5.74, 6) is 0.790. The van der Waals surface area contributed by atoms with E-state index in [1.165, 1.54) is 0 Å². The van der Waals surface area contributed by atoms with Crippen molar-refractivity contribution in [1.29, 1.82) is 0 Å². The van der Waals surface area contributed by atoms with Gasteiger partial charge in [0.05, 0.1) is 6.10 Å². The van der Waals surface area contributed by atoms with Crippen LogP contribution in [0.4, 0.5) is 0 Å². The number of aliphatic hydroxyl groups excluding tert-OH is 1. The van der Waals surface area contributed by atoms with Gasteiger partial charge in [0, 0.05) is 12.1 Å². The van der Waals surface area contributed by atoms with Gasteiger partial charge in [-0.15, -0.1) is 0 Å². The fourth-order valence-corrected chi connectivity index (χ4v) is 1.48. The Bertz CT molecular complexity index is 132. The first-order valence-electron chi connectivity index (χ1n) is 5.30. The molecule has 0 aliphatic rings. The maximum Gasteiger partial charge on any atom is 0.0718 e. The molecule has 0 aliphatic carbocycles. The normalized spacial score (nSPS) is 17.1. The summed E-state index contributed by atoms with van der Waals surface area (Å²) in [5.41, 5.74) is 0. The lowest BCUT2D eigenvalue weighted by molar-refractivity contribution is 0.0609. The Balaban J connectivity index is 4.24. The molecular formula is C11H25NO. The molecule has 0 heterocycles. The van der Waals surface area contributed by atoms with Gasteiger partial charge in [-0.1, -0.05) is 41.5 Å². The molecule has 0 bridgehead atoms. The second-order valence-corrected chi connectivity index (χ2v) is 4.83. The van der Waals surface area contributed by atoms with E-state index < -0.39 is 0 Å². The average molecular weight is 187 g/mol. The van der Waals surface area contributed by atoms with Crippen molar-refractivity contribution < 1.29 is 5.11 Å². The van der Waals surface area contributed by atoms with E-state index in [9.17, 15) is 5.11 Å². The highest BCUT2D eigenvalue weighted by atomic mass is 16.3. The Morgan fingerprint density at radius 1 is 0.846 bits per heavy atom. The molecule has 0 saturated carbocycles. The first kappa shape index (κ1) is 12.9. The lowest BCUT2D eigenvalue weighted by atomic mass is 9.91. The predicted octanol–water partition coefficient (Wildman–Crippen LogP) is 2.03. The monoisotopic (exact) mass is 187 g/mol. The van der Waals surface area contributed by atoms with Gasteiger partial charge in [0.1, 0.15) is 0 Å². The lowest BCUT2D eigenvalue weighted by Crippen LogP contribution is -2.48. The second kappa shape index (κ2) is 5.61. The molecule has 2 nitrogen and oxygen atoms in total. The van der Waals surface area contributed by atoms with E-state index in [1.807, 2.05) is 0 Å². The molecule has 0 rings (SSSR count). The molecule has 2 atom stereocenters. The number of rotatable bonds is 5. The Hall–Kier alpha value is -0.0800. The van der Waals surface area contributed by atoms with E-state index in [4.69, 9.17) is 0 Å². The zero-order valence-electron chi connectivity index (χ0n) is 9.83. The van der Waals surface area contributed by atoms with Crippen LogP contribution in [-0.4, -0.2) is 23.3 Å². The fraction of sp³-hybridized carbons (Fsp3) is 1.00. The summed E-state index contributed by atoms with van der Waals surface area (Å²) in [5, 5.41) is 13.4. The van der Waals surface area contributed by atoms with E-state index in [-0.39, 0.29) is 12.1 Å². The van der Waals surface area contributed by atoms with Crippen molar-refractivity contribution in [3.63, 3.8) is 0 Å². The summed E-state index contributed by atoms with van der Waals surface area (Å²) in [6.07, 6.45) is -0.248. The van der Waals surface area contributed by atoms with Gasteiger partial charge in [0.2, 0.25) is 0 Å². The van der Waals surface area contributed by atoms with Crippen molar-refractivity contribution in [3.05, 3.63) is 0 Å². The largest absolute Gasteiger partial charge is 0.391 e.